The van der Waals surface area contributed by atoms with Gasteiger partial charge in [-0.2, -0.15) is 0 Å². The minimum atomic E-state index is -0.305. The first-order valence-corrected chi connectivity index (χ1v) is 14.9. The molecule has 0 fully saturated rings. The maximum atomic E-state index is 13.8. The van der Waals surface area contributed by atoms with Crippen LogP contribution in [0, 0.1) is 11.6 Å². The van der Waals surface area contributed by atoms with Gasteiger partial charge >= 0.3 is 0 Å². The molecular weight excluding hydrogens is 574 g/mol. The Morgan fingerprint density at radius 3 is 0.957 bits per heavy atom. The topological polar surface area (TPSA) is 51.6 Å². The summed E-state index contributed by atoms with van der Waals surface area (Å²) in [6.45, 7) is 0. The summed E-state index contributed by atoms with van der Waals surface area (Å²) in [4.78, 5) is 20.2. The number of benzene rings is 6. The maximum absolute atomic E-state index is 13.8. The van der Waals surface area contributed by atoms with Crippen LogP contribution in [-0.4, -0.2) is 19.9 Å². The monoisotopic (exact) mass is 598 g/mol. The number of fused-ring (bicyclic) bond motifs is 2. The van der Waals surface area contributed by atoms with Gasteiger partial charge in [0.05, 0.1) is 44.8 Å². The van der Waals surface area contributed by atoms with Crippen LogP contribution in [0.2, 0.25) is 0 Å². The summed E-state index contributed by atoms with van der Waals surface area (Å²) in [6.07, 6.45) is 0. The first-order chi connectivity index (χ1) is 22.6. The molecule has 0 bridgehead atoms. The van der Waals surface area contributed by atoms with Crippen molar-refractivity contribution in [3.8, 4) is 56.2 Å². The number of halogens is 2. The lowest BCUT2D eigenvalue weighted by Gasteiger charge is -2.13. The normalized spacial score (nSPS) is 11.3. The van der Waals surface area contributed by atoms with Crippen LogP contribution < -0.4 is 0 Å². The summed E-state index contributed by atoms with van der Waals surface area (Å²) in [5.41, 5.74) is 11.1. The van der Waals surface area contributed by atoms with Crippen molar-refractivity contribution in [2.24, 2.45) is 0 Å². The molecule has 0 saturated heterocycles. The van der Waals surface area contributed by atoms with Crippen LogP contribution in [0.25, 0.3) is 78.2 Å². The van der Waals surface area contributed by atoms with E-state index >= 15 is 0 Å². The predicted molar refractivity (Wildman–Crippen MR) is 180 cm³/mol. The Morgan fingerprint density at radius 2 is 0.587 bits per heavy atom. The van der Waals surface area contributed by atoms with E-state index in [9.17, 15) is 8.78 Å². The summed E-state index contributed by atoms with van der Waals surface area (Å²) >= 11 is 0. The molecule has 0 unspecified atom stereocenters. The molecular formula is C40H24F2N4. The molecule has 0 aliphatic heterocycles. The largest absolute Gasteiger partial charge is 0.244 e. The second-order valence-electron chi connectivity index (χ2n) is 11.0. The Balaban J connectivity index is 1.26. The van der Waals surface area contributed by atoms with Crippen molar-refractivity contribution >= 4 is 22.1 Å². The standard InChI is InChI=1S/C40H24F2N4/c41-31-17-11-27(12-18-31)39-38(26-9-5-2-6-10-26)45-35-23-29(16-22-34(35)44-39)30-15-21-33-36(24-30)46-40(28-13-19-32(42)20-14-28)37(43-33)25-7-3-1-4-8-25/h1-24H. The number of rotatable bonds is 5. The highest BCUT2D eigenvalue weighted by atomic mass is 19.1. The zero-order valence-corrected chi connectivity index (χ0v) is 24.4. The van der Waals surface area contributed by atoms with Crippen molar-refractivity contribution in [1.29, 1.82) is 0 Å². The summed E-state index contributed by atoms with van der Waals surface area (Å²) in [7, 11) is 0. The van der Waals surface area contributed by atoms with Gasteiger partial charge < -0.3 is 0 Å². The molecule has 0 aliphatic carbocycles. The summed E-state index contributed by atoms with van der Waals surface area (Å²) in [5, 5.41) is 0. The molecule has 2 aromatic heterocycles. The van der Waals surface area contributed by atoms with Gasteiger partial charge in [-0.15, -0.1) is 0 Å². The number of nitrogens with zero attached hydrogens (tertiary/aromatic N) is 4. The molecule has 218 valence electrons. The average molecular weight is 599 g/mol. The molecule has 46 heavy (non-hydrogen) atoms. The van der Waals surface area contributed by atoms with E-state index in [1.165, 1.54) is 24.3 Å². The lowest BCUT2D eigenvalue weighted by molar-refractivity contribution is 0.627. The van der Waals surface area contributed by atoms with E-state index in [-0.39, 0.29) is 11.6 Å². The molecule has 0 atom stereocenters. The van der Waals surface area contributed by atoms with Gasteiger partial charge in [0.2, 0.25) is 0 Å². The second kappa shape index (κ2) is 11.4. The Labute approximate surface area is 263 Å². The molecule has 4 nitrogen and oxygen atoms in total. The van der Waals surface area contributed by atoms with E-state index in [2.05, 4.69) is 0 Å². The van der Waals surface area contributed by atoms with Gasteiger partial charge in [-0.25, -0.2) is 28.7 Å². The fourth-order valence-corrected chi connectivity index (χ4v) is 5.68. The molecule has 8 rings (SSSR count). The molecule has 0 N–H and O–H groups in total. The van der Waals surface area contributed by atoms with Gasteiger partial charge in [0.25, 0.3) is 0 Å². The zero-order valence-electron chi connectivity index (χ0n) is 24.4. The third-order valence-electron chi connectivity index (χ3n) is 7.99. The van der Waals surface area contributed by atoms with Gasteiger partial charge in [-0.05, 0) is 83.9 Å². The molecule has 0 spiro atoms. The van der Waals surface area contributed by atoms with Crippen molar-refractivity contribution in [2.45, 2.75) is 0 Å². The summed E-state index contributed by atoms with van der Waals surface area (Å²) < 4.78 is 27.6. The van der Waals surface area contributed by atoms with Crippen LogP contribution >= 0.6 is 0 Å². The molecule has 8 aromatic rings. The third-order valence-corrected chi connectivity index (χ3v) is 7.99. The molecule has 0 aliphatic rings. The van der Waals surface area contributed by atoms with Crippen molar-refractivity contribution < 1.29 is 8.78 Å². The van der Waals surface area contributed by atoms with E-state index in [1.54, 1.807) is 24.3 Å². The van der Waals surface area contributed by atoms with Crippen LogP contribution in [-0.2, 0) is 0 Å². The Kier molecular flexibility index (Phi) is 6.80. The smallest absolute Gasteiger partial charge is 0.123 e. The fraction of sp³-hybridized carbons (Fsp3) is 0. The van der Waals surface area contributed by atoms with Gasteiger partial charge in [0, 0.05) is 22.3 Å². The van der Waals surface area contributed by atoms with E-state index in [0.717, 1.165) is 66.8 Å². The van der Waals surface area contributed by atoms with Gasteiger partial charge in [0.1, 0.15) is 11.6 Å². The van der Waals surface area contributed by atoms with Gasteiger partial charge in [-0.3, -0.25) is 0 Å². The fourth-order valence-electron chi connectivity index (χ4n) is 5.68. The molecule has 6 aromatic carbocycles. The van der Waals surface area contributed by atoms with Crippen LogP contribution in [0.4, 0.5) is 8.78 Å². The number of aromatic nitrogens is 4. The van der Waals surface area contributed by atoms with E-state index in [1.807, 2.05) is 97.1 Å². The predicted octanol–water partition coefficient (Wildman–Crippen LogP) is 10.2. The lowest BCUT2D eigenvalue weighted by Crippen LogP contribution is -1.97. The number of hydrogen-bond donors (Lipinski definition) is 0. The van der Waals surface area contributed by atoms with Gasteiger partial charge in [-0.1, -0.05) is 72.8 Å². The highest BCUT2D eigenvalue weighted by Crippen LogP contribution is 2.35. The van der Waals surface area contributed by atoms with Gasteiger partial charge in [0.15, 0.2) is 0 Å². The first kappa shape index (κ1) is 27.4. The quantitative estimate of drug-likeness (QED) is 0.198. The molecule has 2 heterocycles. The van der Waals surface area contributed by atoms with Crippen molar-refractivity contribution in [2.75, 3.05) is 0 Å². The first-order valence-electron chi connectivity index (χ1n) is 14.9. The van der Waals surface area contributed by atoms with E-state index in [0.29, 0.717) is 11.4 Å². The number of hydrogen-bond acceptors (Lipinski definition) is 4. The molecule has 0 amide bonds. The Hall–Kier alpha value is -6.14. The minimum absolute atomic E-state index is 0.301. The Morgan fingerprint density at radius 1 is 0.283 bits per heavy atom. The zero-order chi connectivity index (χ0) is 31.0. The van der Waals surface area contributed by atoms with Crippen molar-refractivity contribution in [3.63, 3.8) is 0 Å². The van der Waals surface area contributed by atoms with Crippen LogP contribution in [0.3, 0.4) is 0 Å². The third kappa shape index (κ3) is 5.16. The van der Waals surface area contributed by atoms with E-state index in [4.69, 9.17) is 19.9 Å². The minimum Gasteiger partial charge on any atom is -0.244 e. The highest BCUT2D eigenvalue weighted by Gasteiger charge is 2.16. The Bertz CT molecular complexity index is 2360. The second-order valence-corrected chi connectivity index (χ2v) is 11.0. The maximum Gasteiger partial charge on any atom is 0.123 e. The SMILES string of the molecule is Fc1ccc(-c2nc3ccc(-c4ccc5nc(-c6ccccc6)c(-c6ccc(F)cc6)nc5c4)cc3nc2-c2ccccc2)cc1. The average Bonchev–Trinajstić information content (AvgIpc) is 3.11. The summed E-state index contributed by atoms with van der Waals surface area (Å²) in [5.74, 6) is -0.606. The molecule has 6 heteroatoms. The van der Waals surface area contributed by atoms with Crippen molar-refractivity contribution in [1.82, 2.24) is 19.9 Å². The van der Waals surface area contributed by atoms with Crippen LogP contribution in [0.15, 0.2) is 146 Å². The summed E-state index contributed by atoms with van der Waals surface area (Å²) in [6, 6.07) is 44.5. The van der Waals surface area contributed by atoms with E-state index < -0.39 is 0 Å². The van der Waals surface area contributed by atoms with Crippen LogP contribution in [0.1, 0.15) is 0 Å². The van der Waals surface area contributed by atoms with Crippen molar-refractivity contribution in [3.05, 3.63) is 157 Å². The molecule has 0 radical (unpaired) electrons. The highest BCUT2D eigenvalue weighted by molar-refractivity contribution is 5.92. The van der Waals surface area contributed by atoms with Crippen LogP contribution in [0.5, 0.6) is 0 Å². The molecule has 0 saturated carbocycles. The lowest BCUT2D eigenvalue weighted by atomic mass is 10.0.